The van der Waals surface area contributed by atoms with Gasteiger partial charge in [-0.05, 0) is 72.0 Å². The molecule has 1 heterocycles. The summed E-state index contributed by atoms with van der Waals surface area (Å²) in [6.45, 7) is 0.456. The first-order valence-corrected chi connectivity index (χ1v) is 11.9. The molecular weight excluding hydrogens is 466 g/mol. The Morgan fingerprint density at radius 3 is 2.35 bits per heavy atom. The molecule has 0 atom stereocenters. The number of ether oxygens (including phenoxy) is 2. The van der Waals surface area contributed by atoms with Gasteiger partial charge in [-0.2, -0.15) is 0 Å². The van der Waals surface area contributed by atoms with Crippen LogP contribution in [0.5, 0.6) is 11.5 Å². The lowest BCUT2D eigenvalue weighted by atomic mass is 9.93. The average Bonchev–Trinajstić information content (AvgIpc) is 3.45. The summed E-state index contributed by atoms with van der Waals surface area (Å²) in [6.07, 6.45) is 7.12. The minimum absolute atomic E-state index is 0.232. The van der Waals surface area contributed by atoms with Gasteiger partial charge in [-0.25, -0.2) is 9.69 Å². The highest BCUT2D eigenvalue weighted by Gasteiger charge is 2.34. The lowest BCUT2D eigenvalue weighted by Crippen LogP contribution is -2.40. The standard InChI is InChI=1S/C31H21NO5/c33-29-26-12-6-11-22-17-25(37-31(35)21-9-2-1-3-10-21)18-27(28(22)26)30(34)32(29)23-13-15-24(16-14-23)36-19-20-7-4-5-8-20/h1-4,6-18H,5,19H2. The van der Waals surface area contributed by atoms with Crippen LogP contribution in [-0.2, 0) is 0 Å². The second-order valence-corrected chi connectivity index (χ2v) is 8.78. The van der Waals surface area contributed by atoms with E-state index >= 15 is 0 Å². The molecule has 6 rings (SSSR count). The minimum atomic E-state index is -0.529. The van der Waals surface area contributed by atoms with Gasteiger partial charge in [0, 0.05) is 10.9 Å². The molecular formula is C31H21NO5. The number of rotatable bonds is 6. The molecule has 6 heteroatoms. The van der Waals surface area contributed by atoms with Crippen LogP contribution in [-0.4, -0.2) is 24.4 Å². The molecule has 0 bridgehead atoms. The number of esters is 1. The van der Waals surface area contributed by atoms with E-state index in [0.29, 0.717) is 45.5 Å². The Bertz CT molecular complexity index is 1620. The SMILES string of the molecule is O=C(Oc1cc2c3c(cccc3c1)C(=O)N(c1ccc(OCC3=CCC=C3)cc1)C2=O)c1ccccc1. The van der Waals surface area contributed by atoms with E-state index in [4.69, 9.17) is 9.47 Å². The molecule has 0 fully saturated rings. The first-order chi connectivity index (χ1) is 18.1. The fourth-order valence-electron chi connectivity index (χ4n) is 4.59. The van der Waals surface area contributed by atoms with E-state index in [2.05, 4.69) is 12.2 Å². The van der Waals surface area contributed by atoms with Crippen LogP contribution in [0.1, 0.15) is 37.5 Å². The van der Waals surface area contributed by atoms with E-state index in [1.807, 2.05) is 12.1 Å². The van der Waals surface area contributed by atoms with E-state index in [1.165, 1.54) is 6.07 Å². The van der Waals surface area contributed by atoms with Gasteiger partial charge < -0.3 is 9.47 Å². The van der Waals surface area contributed by atoms with Crippen molar-refractivity contribution < 1.29 is 23.9 Å². The van der Waals surface area contributed by atoms with Crippen LogP contribution in [0.15, 0.2) is 109 Å². The molecule has 0 saturated carbocycles. The number of allylic oxidation sites excluding steroid dienone is 2. The highest BCUT2D eigenvalue weighted by Crippen LogP contribution is 2.36. The Labute approximate surface area is 213 Å². The number of amides is 2. The Morgan fingerprint density at radius 1 is 0.811 bits per heavy atom. The maximum absolute atomic E-state index is 13.6. The summed E-state index contributed by atoms with van der Waals surface area (Å²) in [5, 5.41) is 1.19. The minimum Gasteiger partial charge on any atom is -0.489 e. The number of benzene rings is 4. The monoisotopic (exact) mass is 487 g/mol. The second kappa shape index (κ2) is 9.24. The molecule has 6 nitrogen and oxygen atoms in total. The fourth-order valence-corrected chi connectivity index (χ4v) is 4.59. The number of imide groups is 1. The summed E-state index contributed by atoms with van der Waals surface area (Å²) in [4.78, 5) is 40.8. The van der Waals surface area contributed by atoms with Crippen LogP contribution in [0, 0.1) is 0 Å². The highest BCUT2D eigenvalue weighted by molar-refractivity contribution is 6.36. The van der Waals surface area contributed by atoms with E-state index in [1.54, 1.807) is 72.8 Å². The molecule has 4 aromatic rings. The van der Waals surface area contributed by atoms with Crippen molar-refractivity contribution in [1.82, 2.24) is 0 Å². The van der Waals surface area contributed by atoms with Crippen LogP contribution in [0.3, 0.4) is 0 Å². The van der Waals surface area contributed by atoms with Crippen molar-refractivity contribution in [2.75, 3.05) is 11.5 Å². The normalized spacial score (nSPS) is 14.2. The molecule has 1 aliphatic carbocycles. The summed E-state index contributed by atoms with van der Waals surface area (Å²) < 4.78 is 11.4. The molecule has 0 radical (unpaired) electrons. The third-order valence-electron chi connectivity index (χ3n) is 6.39. The zero-order valence-corrected chi connectivity index (χ0v) is 19.7. The quantitative estimate of drug-likeness (QED) is 0.186. The van der Waals surface area contributed by atoms with Gasteiger partial charge in [0.1, 0.15) is 18.1 Å². The Kier molecular flexibility index (Phi) is 5.62. The molecule has 0 unspecified atom stereocenters. The van der Waals surface area contributed by atoms with Gasteiger partial charge >= 0.3 is 5.97 Å². The summed E-state index contributed by atoms with van der Waals surface area (Å²) in [5.74, 6) is -0.554. The number of nitrogens with zero attached hydrogens (tertiary/aromatic N) is 1. The van der Waals surface area contributed by atoms with Gasteiger partial charge in [0.2, 0.25) is 0 Å². The first-order valence-electron chi connectivity index (χ1n) is 11.9. The zero-order chi connectivity index (χ0) is 25.4. The number of carbonyl (C=O) groups excluding carboxylic acids is 3. The van der Waals surface area contributed by atoms with E-state index in [0.717, 1.165) is 16.9 Å². The molecule has 2 aliphatic rings. The number of carbonyl (C=O) groups is 3. The van der Waals surface area contributed by atoms with Crippen molar-refractivity contribution in [3.05, 3.63) is 125 Å². The van der Waals surface area contributed by atoms with Crippen LogP contribution in [0.2, 0.25) is 0 Å². The van der Waals surface area contributed by atoms with Crippen LogP contribution >= 0.6 is 0 Å². The largest absolute Gasteiger partial charge is 0.489 e. The van der Waals surface area contributed by atoms with Gasteiger partial charge in [0.25, 0.3) is 11.8 Å². The van der Waals surface area contributed by atoms with Crippen molar-refractivity contribution in [2.45, 2.75) is 6.42 Å². The Morgan fingerprint density at radius 2 is 1.59 bits per heavy atom. The van der Waals surface area contributed by atoms with Crippen molar-refractivity contribution >= 4 is 34.2 Å². The number of hydrogen-bond acceptors (Lipinski definition) is 5. The van der Waals surface area contributed by atoms with Crippen LogP contribution in [0.4, 0.5) is 5.69 Å². The Hall–Kier alpha value is -4.97. The molecule has 2 amide bonds. The van der Waals surface area contributed by atoms with Crippen molar-refractivity contribution in [3.63, 3.8) is 0 Å². The Balaban J connectivity index is 1.31. The molecule has 1 aliphatic heterocycles. The predicted octanol–water partition coefficient (Wildman–Crippen LogP) is 6.12. The summed E-state index contributed by atoms with van der Waals surface area (Å²) >= 11 is 0. The van der Waals surface area contributed by atoms with Crippen molar-refractivity contribution in [1.29, 1.82) is 0 Å². The second-order valence-electron chi connectivity index (χ2n) is 8.78. The van der Waals surface area contributed by atoms with E-state index < -0.39 is 17.8 Å². The highest BCUT2D eigenvalue weighted by atomic mass is 16.5. The summed E-state index contributed by atoms with van der Waals surface area (Å²) in [6, 6.07) is 23.9. The zero-order valence-electron chi connectivity index (χ0n) is 19.7. The number of anilines is 1. The molecule has 0 N–H and O–H groups in total. The number of hydrogen-bond donors (Lipinski definition) is 0. The predicted molar refractivity (Wildman–Crippen MR) is 140 cm³/mol. The van der Waals surface area contributed by atoms with Gasteiger partial charge in [0.15, 0.2) is 0 Å². The third kappa shape index (κ3) is 4.19. The van der Waals surface area contributed by atoms with Crippen molar-refractivity contribution in [2.24, 2.45) is 0 Å². The van der Waals surface area contributed by atoms with E-state index in [9.17, 15) is 14.4 Å². The topological polar surface area (TPSA) is 72.9 Å². The van der Waals surface area contributed by atoms with Gasteiger partial charge in [0.05, 0.1) is 16.8 Å². The average molecular weight is 488 g/mol. The lowest BCUT2D eigenvalue weighted by Gasteiger charge is -2.27. The molecule has 0 aromatic heterocycles. The van der Waals surface area contributed by atoms with Crippen molar-refractivity contribution in [3.8, 4) is 11.5 Å². The molecule has 180 valence electrons. The van der Waals surface area contributed by atoms with Crippen LogP contribution < -0.4 is 14.4 Å². The van der Waals surface area contributed by atoms with Gasteiger partial charge in [-0.1, -0.05) is 48.6 Å². The van der Waals surface area contributed by atoms with Gasteiger partial charge in [-0.3, -0.25) is 9.59 Å². The summed E-state index contributed by atoms with van der Waals surface area (Å²) in [7, 11) is 0. The van der Waals surface area contributed by atoms with E-state index in [-0.39, 0.29) is 5.75 Å². The lowest BCUT2D eigenvalue weighted by molar-refractivity contribution is 0.0732. The molecule has 0 saturated heterocycles. The van der Waals surface area contributed by atoms with Gasteiger partial charge in [-0.15, -0.1) is 0 Å². The molecule has 4 aromatic carbocycles. The first kappa shape index (κ1) is 22.5. The molecule has 37 heavy (non-hydrogen) atoms. The smallest absolute Gasteiger partial charge is 0.343 e. The van der Waals surface area contributed by atoms with Crippen LogP contribution in [0.25, 0.3) is 10.8 Å². The maximum Gasteiger partial charge on any atom is 0.343 e. The fraction of sp³-hybridized carbons (Fsp3) is 0.0645. The maximum atomic E-state index is 13.6. The third-order valence-corrected chi connectivity index (χ3v) is 6.39. The summed E-state index contributed by atoms with van der Waals surface area (Å²) in [5.41, 5.74) is 2.64. The molecule has 0 spiro atoms.